The molecule has 1 aliphatic rings. The van der Waals surface area contributed by atoms with Crippen LogP contribution in [0.25, 0.3) is 0 Å². The number of nitrogens with one attached hydrogen (secondary N) is 1. The van der Waals surface area contributed by atoms with Gasteiger partial charge in [-0.25, -0.2) is 0 Å². The summed E-state index contributed by atoms with van der Waals surface area (Å²) in [5, 5.41) is 6.67. The number of aryl methyl sites for hydroxylation is 2. The van der Waals surface area contributed by atoms with Crippen LogP contribution in [0, 0.1) is 0 Å². The fourth-order valence-corrected chi connectivity index (χ4v) is 3.05. The van der Waals surface area contributed by atoms with Crippen LogP contribution in [0.2, 0.25) is 0 Å². The van der Waals surface area contributed by atoms with Crippen LogP contribution >= 0.6 is 0 Å². The minimum absolute atomic E-state index is 0.167. The Morgan fingerprint density at radius 3 is 2.81 bits per heavy atom. The molecule has 0 unspecified atom stereocenters. The molecule has 0 saturated carbocycles. The second-order valence-corrected chi connectivity index (χ2v) is 5.98. The maximum Gasteiger partial charge on any atom is 0.265 e. The Balaban J connectivity index is 1.53. The zero-order chi connectivity index (χ0) is 18.4. The van der Waals surface area contributed by atoms with Gasteiger partial charge in [0, 0.05) is 11.3 Å². The maximum atomic E-state index is 12.0. The van der Waals surface area contributed by atoms with Gasteiger partial charge in [-0.2, -0.15) is 0 Å². The van der Waals surface area contributed by atoms with Crippen LogP contribution in [0.4, 0.5) is 5.69 Å². The number of anilines is 1. The molecule has 0 heterocycles. The lowest BCUT2D eigenvalue weighted by molar-refractivity contribution is -0.120. The molecular formula is C20H22N2O4. The first-order valence-electron chi connectivity index (χ1n) is 8.49. The van der Waals surface area contributed by atoms with Crippen molar-refractivity contribution < 1.29 is 19.1 Å². The number of para-hydroxylation sites is 1. The molecule has 0 bridgehead atoms. The Kier molecular flexibility index (Phi) is 5.73. The van der Waals surface area contributed by atoms with Crippen LogP contribution in [0.15, 0.2) is 41.6 Å². The van der Waals surface area contributed by atoms with Crippen LogP contribution in [-0.4, -0.2) is 32.9 Å². The zero-order valence-electron chi connectivity index (χ0n) is 15.0. The van der Waals surface area contributed by atoms with Crippen molar-refractivity contribution in [3.63, 3.8) is 0 Å². The molecular weight excluding hydrogens is 332 g/mol. The number of fused-ring (bicyclic) bond motifs is 1. The van der Waals surface area contributed by atoms with Crippen molar-refractivity contribution in [3.8, 4) is 11.5 Å². The lowest BCUT2D eigenvalue weighted by Gasteiger charge is -2.09. The SMILES string of the molecule is COc1cccc(/C=N\OCC(=O)Nc2ccc3c(c2)CCC3)c1OC. The fraction of sp³-hybridized carbons (Fsp3) is 0.300. The van der Waals surface area contributed by atoms with Crippen LogP contribution in [0.1, 0.15) is 23.1 Å². The quantitative estimate of drug-likeness (QED) is 0.612. The molecule has 0 aliphatic heterocycles. The highest BCUT2D eigenvalue weighted by atomic mass is 16.6. The average molecular weight is 354 g/mol. The van der Waals surface area contributed by atoms with E-state index in [9.17, 15) is 4.79 Å². The number of amides is 1. The van der Waals surface area contributed by atoms with Crippen molar-refractivity contribution in [2.24, 2.45) is 5.16 Å². The van der Waals surface area contributed by atoms with Crippen LogP contribution in [-0.2, 0) is 22.5 Å². The van der Waals surface area contributed by atoms with E-state index in [2.05, 4.69) is 16.5 Å². The second-order valence-electron chi connectivity index (χ2n) is 5.98. The Bertz CT molecular complexity index is 817. The zero-order valence-corrected chi connectivity index (χ0v) is 15.0. The molecule has 0 radical (unpaired) electrons. The smallest absolute Gasteiger partial charge is 0.265 e. The summed E-state index contributed by atoms with van der Waals surface area (Å²) in [6.07, 6.45) is 4.86. The molecule has 0 saturated heterocycles. The number of oxime groups is 1. The van der Waals surface area contributed by atoms with Gasteiger partial charge >= 0.3 is 0 Å². The topological polar surface area (TPSA) is 69.2 Å². The molecule has 1 N–H and O–H groups in total. The summed E-state index contributed by atoms with van der Waals surface area (Å²) in [5.41, 5.74) is 4.17. The molecule has 0 aromatic heterocycles. The predicted molar refractivity (Wildman–Crippen MR) is 100 cm³/mol. The molecule has 6 heteroatoms. The number of hydrogen-bond donors (Lipinski definition) is 1. The van der Waals surface area contributed by atoms with Gasteiger partial charge in [-0.1, -0.05) is 17.3 Å². The van der Waals surface area contributed by atoms with Crippen LogP contribution in [0.3, 0.4) is 0 Å². The van der Waals surface area contributed by atoms with Crippen molar-refractivity contribution in [3.05, 3.63) is 53.1 Å². The predicted octanol–water partition coefficient (Wildman–Crippen LogP) is 3.18. The highest BCUT2D eigenvalue weighted by Crippen LogP contribution is 2.29. The van der Waals surface area contributed by atoms with E-state index in [1.807, 2.05) is 24.3 Å². The molecule has 2 aromatic rings. The van der Waals surface area contributed by atoms with Crippen molar-refractivity contribution >= 4 is 17.8 Å². The van der Waals surface area contributed by atoms with E-state index in [0.29, 0.717) is 17.1 Å². The summed E-state index contributed by atoms with van der Waals surface area (Å²) in [6.45, 7) is -0.167. The molecule has 1 amide bonds. The summed E-state index contributed by atoms with van der Waals surface area (Å²) in [7, 11) is 3.12. The van der Waals surface area contributed by atoms with Gasteiger partial charge in [-0.15, -0.1) is 0 Å². The molecule has 0 atom stereocenters. The van der Waals surface area contributed by atoms with Gasteiger partial charge in [-0.3, -0.25) is 4.79 Å². The van der Waals surface area contributed by atoms with Gasteiger partial charge in [0.25, 0.3) is 5.91 Å². The van der Waals surface area contributed by atoms with Gasteiger partial charge in [0.05, 0.1) is 20.4 Å². The number of carbonyl (C=O) groups is 1. The van der Waals surface area contributed by atoms with E-state index in [0.717, 1.165) is 18.5 Å². The average Bonchev–Trinajstić information content (AvgIpc) is 3.12. The Hall–Kier alpha value is -3.02. The molecule has 2 aromatic carbocycles. The normalized spacial score (nSPS) is 12.7. The number of nitrogens with zero attached hydrogens (tertiary/aromatic N) is 1. The number of ether oxygens (including phenoxy) is 2. The number of benzene rings is 2. The van der Waals surface area contributed by atoms with Gasteiger partial charge in [-0.05, 0) is 54.7 Å². The summed E-state index contributed by atoms with van der Waals surface area (Å²) >= 11 is 0. The minimum Gasteiger partial charge on any atom is -0.493 e. The van der Waals surface area contributed by atoms with E-state index in [-0.39, 0.29) is 12.5 Å². The van der Waals surface area contributed by atoms with Crippen molar-refractivity contribution in [1.29, 1.82) is 0 Å². The summed E-state index contributed by atoms with van der Waals surface area (Å²) in [5.74, 6) is 0.911. The first-order valence-corrected chi connectivity index (χ1v) is 8.49. The largest absolute Gasteiger partial charge is 0.493 e. The van der Waals surface area contributed by atoms with E-state index in [4.69, 9.17) is 14.3 Å². The first kappa shape index (κ1) is 17.8. The van der Waals surface area contributed by atoms with E-state index in [1.165, 1.54) is 23.8 Å². The molecule has 136 valence electrons. The fourth-order valence-electron chi connectivity index (χ4n) is 3.05. The summed E-state index contributed by atoms with van der Waals surface area (Å²) < 4.78 is 10.5. The van der Waals surface area contributed by atoms with Gasteiger partial charge in [0.15, 0.2) is 18.1 Å². The third-order valence-corrected chi connectivity index (χ3v) is 4.28. The number of carbonyl (C=O) groups excluding carboxylic acids is 1. The van der Waals surface area contributed by atoms with E-state index in [1.54, 1.807) is 20.3 Å². The van der Waals surface area contributed by atoms with Gasteiger partial charge in [0.2, 0.25) is 0 Å². The Morgan fingerprint density at radius 1 is 1.15 bits per heavy atom. The molecule has 26 heavy (non-hydrogen) atoms. The highest BCUT2D eigenvalue weighted by Gasteiger charge is 2.12. The molecule has 3 rings (SSSR count). The molecule has 1 aliphatic carbocycles. The maximum absolute atomic E-state index is 12.0. The van der Waals surface area contributed by atoms with E-state index < -0.39 is 0 Å². The number of methoxy groups -OCH3 is 2. The van der Waals surface area contributed by atoms with Crippen molar-refractivity contribution in [1.82, 2.24) is 0 Å². The van der Waals surface area contributed by atoms with Crippen molar-refractivity contribution in [2.75, 3.05) is 26.1 Å². The third-order valence-electron chi connectivity index (χ3n) is 4.28. The molecule has 0 spiro atoms. The summed E-state index contributed by atoms with van der Waals surface area (Å²) in [6, 6.07) is 11.5. The van der Waals surface area contributed by atoms with Crippen molar-refractivity contribution in [2.45, 2.75) is 19.3 Å². The Morgan fingerprint density at radius 2 is 2.00 bits per heavy atom. The Labute approximate surface area is 152 Å². The van der Waals surface area contributed by atoms with E-state index >= 15 is 0 Å². The number of rotatable bonds is 7. The molecule has 0 fully saturated rings. The standard InChI is InChI=1S/C20H22N2O4/c1-24-18-8-4-7-16(20(18)25-2)12-21-26-13-19(23)22-17-10-9-14-5-3-6-15(14)11-17/h4,7-12H,3,5-6,13H2,1-2H3,(H,22,23)/b21-12-. The summed E-state index contributed by atoms with van der Waals surface area (Å²) in [4.78, 5) is 17.1. The first-order chi connectivity index (χ1) is 12.7. The lowest BCUT2D eigenvalue weighted by Crippen LogP contribution is -2.17. The monoisotopic (exact) mass is 354 g/mol. The van der Waals surface area contributed by atoms with Gasteiger partial charge in [0.1, 0.15) is 0 Å². The van der Waals surface area contributed by atoms with Gasteiger partial charge < -0.3 is 19.6 Å². The van der Waals surface area contributed by atoms with Crippen LogP contribution < -0.4 is 14.8 Å². The highest BCUT2D eigenvalue weighted by molar-refractivity contribution is 5.92. The second kappa shape index (κ2) is 8.38. The molecule has 6 nitrogen and oxygen atoms in total. The lowest BCUT2D eigenvalue weighted by atomic mass is 10.1. The third kappa shape index (κ3) is 4.14. The van der Waals surface area contributed by atoms with Crippen LogP contribution in [0.5, 0.6) is 11.5 Å². The minimum atomic E-state index is -0.252. The number of hydrogen-bond acceptors (Lipinski definition) is 5.